The maximum Gasteiger partial charge on any atom is 0.414 e. The molecule has 0 radical (unpaired) electrons. The van der Waals surface area contributed by atoms with E-state index in [-0.39, 0.29) is 23.5 Å². The van der Waals surface area contributed by atoms with Gasteiger partial charge in [0.15, 0.2) is 0 Å². The van der Waals surface area contributed by atoms with E-state index in [1.54, 1.807) is 4.90 Å². The molecular weight excluding hydrogens is 372 g/mol. The summed E-state index contributed by atoms with van der Waals surface area (Å²) in [6.07, 6.45) is 0.467. The molecule has 0 aromatic heterocycles. The second kappa shape index (κ2) is 8.55. The van der Waals surface area contributed by atoms with Gasteiger partial charge in [-0.3, -0.25) is 4.90 Å². The minimum Gasteiger partial charge on any atom is -0.598 e. The molecule has 0 saturated carbocycles. The summed E-state index contributed by atoms with van der Waals surface area (Å²) in [4.78, 5) is 14.2. The van der Waals surface area contributed by atoms with Crippen LogP contribution in [-0.4, -0.2) is 21.9 Å². The number of ether oxygens (including phenoxy) is 1. The highest BCUT2D eigenvalue weighted by molar-refractivity contribution is 7.90. The van der Waals surface area contributed by atoms with E-state index in [2.05, 4.69) is 10.8 Å². The topological polar surface area (TPSA) is 64.6 Å². The maximum absolute atomic E-state index is 12.5. The predicted octanol–water partition coefficient (Wildman–Crippen LogP) is 4.50. The highest BCUT2D eigenvalue weighted by Crippen LogP contribution is 2.31. The van der Waals surface area contributed by atoms with E-state index in [0.29, 0.717) is 6.54 Å². The number of hydrogen-bond acceptors (Lipinski definition) is 4. The Kier molecular flexibility index (Phi) is 6.33. The number of carbonyl (C=O) groups is 1. The van der Waals surface area contributed by atoms with Gasteiger partial charge in [-0.25, -0.2) is 4.79 Å². The maximum atomic E-state index is 12.5. The first-order chi connectivity index (χ1) is 13.3. The first kappa shape index (κ1) is 20.7. The van der Waals surface area contributed by atoms with Crippen molar-refractivity contribution in [3.8, 4) is 0 Å². The van der Waals surface area contributed by atoms with Gasteiger partial charge in [0.2, 0.25) is 0 Å². The van der Waals surface area contributed by atoms with Gasteiger partial charge >= 0.3 is 6.09 Å². The lowest BCUT2D eigenvalue weighted by Crippen LogP contribution is -2.40. The Morgan fingerprint density at radius 3 is 2.64 bits per heavy atom. The minimum absolute atomic E-state index is 0.0376. The lowest BCUT2D eigenvalue weighted by molar-refractivity contribution is 0.147. The van der Waals surface area contributed by atoms with Crippen LogP contribution in [0.25, 0.3) is 0 Å². The predicted molar refractivity (Wildman–Crippen MR) is 114 cm³/mol. The van der Waals surface area contributed by atoms with Crippen LogP contribution in [0, 0.1) is 0 Å². The molecule has 0 saturated heterocycles. The second-order valence-electron chi connectivity index (χ2n) is 8.05. The summed E-state index contributed by atoms with van der Waals surface area (Å²) in [6, 6.07) is 15.7. The third-order valence-corrected chi connectivity index (χ3v) is 6.44. The van der Waals surface area contributed by atoms with E-state index >= 15 is 0 Å². The Morgan fingerprint density at radius 2 is 1.96 bits per heavy atom. The van der Waals surface area contributed by atoms with Gasteiger partial charge in [-0.05, 0) is 56.9 Å². The van der Waals surface area contributed by atoms with Crippen LogP contribution in [0.2, 0.25) is 0 Å². The molecule has 0 spiro atoms. The zero-order chi connectivity index (χ0) is 20.3. The molecule has 0 aliphatic carbocycles. The van der Waals surface area contributed by atoms with Crippen molar-refractivity contribution in [2.24, 2.45) is 0 Å². The normalized spacial score (nSPS) is 15.8. The van der Waals surface area contributed by atoms with Crippen molar-refractivity contribution in [3.05, 3.63) is 65.2 Å². The zero-order valence-electron chi connectivity index (χ0n) is 16.9. The van der Waals surface area contributed by atoms with Gasteiger partial charge in [0, 0.05) is 17.9 Å². The van der Waals surface area contributed by atoms with Crippen molar-refractivity contribution in [1.82, 2.24) is 4.72 Å². The molecule has 1 unspecified atom stereocenters. The lowest BCUT2D eigenvalue weighted by Gasteiger charge is -2.26. The van der Waals surface area contributed by atoms with E-state index in [1.807, 2.05) is 70.2 Å². The zero-order valence-corrected chi connectivity index (χ0v) is 17.7. The van der Waals surface area contributed by atoms with Crippen molar-refractivity contribution in [2.45, 2.75) is 51.5 Å². The average Bonchev–Trinajstić information content (AvgIpc) is 3.09. The molecule has 0 fully saturated rings. The fourth-order valence-electron chi connectivity index (χ4n) is 3.08. The molecule has 2 aromatic rings. The Bertz CT molecular complexity index is 820. The van der Waals surface area contributed by atoms with Crippen molar-refractivity contribution in [3.63, 3.8) is 0 Å². The Balaban J connectivity index is 1.64. The Labute approximate surface area is 170 Å². The number of nitrogens with one attached hydrogen (secondary N) is 1. The number of fused-ring (bicyclic) bond motifs is 1. The number of hydrogen-bond donors (Lipinski definition) is 1. The third kappa shape index (κ3) is 4.87. The molecule has 1 aliphatic rings. The monoisotopic (exact) mass is 400 g/mol. The summed E-state index contributed by atoms with van der Waals surface area (Å²) < 4.78 is 20.7. The molecule has 28 heavy (non-hydrogen) atoms. The number of benzene rings is 2. The summed E-state index contributed by atoms with van der Waals surface area (Å²) in [5.74, 6) is 0. The fraction of sp³-hybridized carbons (Fsp3) is 0.409. The first-order valence-corrected chi connectivity index (χ1v) is 10.7. The molecule has 0 bridgehead atoms. The van der Waals surface area contributed by atoms with E-state index < -0.39 is 11.4 Å². The number of anilines is 1. The summed E-state index contributed by atoms with van der Waals surface area (Å²) >= 11 is -1.14. The molecule has 1 amide bonds. The molecule has 1 N–H and O–H groups in total. The van der Waals surface area contributed by atoms with Crippen molar-refractivity contribution >= 4 is 23.1 Å². The smallest absolute Gasteiger partial charge is 0.414 e. The van der Waals surface area contributed by atoms with Crippen LogP contribution in [0.3, 0.4) is 0 Å². The van der Waals surface area contributed by atoms with E-state index in [9.17, 15) is 9.35 Å². The molecule has 5 nitrogen and oxygen atoms in total. The highest BCUT2D eigenvalue weighted by Gasteiger charge is 2.30. The van der Waals surface area contributed by atoms with Crippen molar-refractivity contribution in [1.29, 1.82) is 0 Å². The van der Waals surface area contributed by atoms with Crippen molar-refractivity contribution < 1.29 is 14.1 Å². The minimum atomic E-state index is -1.14. The average molecular weight is 401 g/mol. The lowest BCUT2D eigenvalue weighted by atomic mass is 10.0. The fourth-order valence-corrected chi connectivity index (χ4v) is 3.89. The van der Waals surface area contributed by atoms with Crippen LogP contribution >= 0.6 is 0 Å². The van der Waals surface area contributed by atoms with Crippen LogP contribution in [0.1, 0.15) is 50.4 Å². The summed E-state index contributed by atoms with van der Waals surface area (Å²) in [6.45, 7) is 8.73. The van der Waals surface area contributed by atoms with Crippen molar-refractivity contribution in [2.75, 3.05) is 11.4 Å². The largest absolute Gasteiger partial charge is 0.598 e. The molecule has 6 heteroatoms. The summed E-state index contributed by atoms with van der Waals surface area (Å²) in [5.41, 5.74) is 4.04. The summed E-state index contributed by atoms with van der Waals surface area (Å²) in [7, 11) is 0. The van der Waals surface area contributed by atoms with E-state index in [4.69, 9.17) is 4.74 Å². The third-order valence-electron chi connectivity index (χ3n) is 4.76. The van der Waals surface area contributed by atoms with Crippen LogP contribution < -0.4 is 9.62 Å². The van der Waals surface area contributed by atoms with Crippen LogP contribution in [0.15, 0.2) is 48.5 Å². The summed E-state index contributed by atoms with van der Waals surface area (Å²) in [5, 5.41) is 0. The molecule has 3 rings (SSSR count). The highest BCUT2D eigenvalue weighted by atomic mass is 32.2. The second-order valence-corrected chi connectivity index (χ2v) is 10.0. The Hall–Kier alpha value is -2.02. The van der Waals surface area contributed by atoms with E-state index in [0.717, 1.165) is 28.8 Å². The SMILES string of the molecule is CC(N[S@+]([O-])C(C)(C)C)c1ccc2c(c1)CCN2C(=O)OCc1ccccc1. The van der Waals surface area contributed by atoms with Crippen LogP contribution in [-0.2, 0) is 29.1 Å². The number of carbonyl (C=O) groups excluding carboxylic acids is 1. The van der Waals surface area contributed by atoms with Gasteiger partial charge in [-0.2, -0.15) is 0 Å². The molecular formula is C22H28N2O3S. The van der Waals surface area contributed by atoms with Gasteiger partial charge < -0.3 is 9.29 Å². The van der Waals surface area contributed by atoms with Gasteiger partial charge in [0.1, 0.15) is 11.4 Å². The molecule has 2 aromatic carbocycles. The number of rotatable bonds is 5. The van der Waals surface area contributed by atoms with Crippen LogP contribution in [0.5, 0.6) is 0 Å². The quantitative estimate of drug-likeness (QED) is 0.751. The molecule has 1 heterocycles. The van der Waals surface area contributed by atoms with Gasteiger partial charge in [-0.1, -0.05) is 42.5 Å². The van der Waals surface area contributed by atoms with Crippen LogP contribution in [0.4, 0.5) is 10.5 Å². The Morgan fingerprint density at radius 1 is 1.25 bits per heavy atom. The number of amides is 1. The molecule has 2 atom stereocenters. The van der Waals surface area contributed by atoms with Gasteiger partial charge in [0.25, 0.3) is 0 Å². The first-order valence-electron chi connectivity index (χ1n) is 9.55. The van der Waals surface area contributed by atoms with Gasteiger partial charge in [-0.15, -0.1) is 4.72 Å². The molecule has 1 aliphatic heterocycles. The van der Waals surface area contributed by atoms with E-state index in [1.165, 1.54) is 0 Å². The molecule has 150 valence electrons. The van der Waals surface area contributed by atoms with Gasteiger partial charge in [0.05, 0.1) is 11.7 Å². The standard InChI is InChI=1S/C22H28N2O3S/c1-16(23-28(26)22(2,3)4)18-10-11-20-19(14-18)12-13-24(20)21(25)27-15-17-8-6-5-7-9-17/h5-11,14,16,23H,12-13,15H2,1-4H3/t16?,28-/m1/s1. The number of nitrogens with zero attached hydrogens (tertiary/aromatic N) is 1.